The summed E-state index contributed by atoms with van der Waals surface area (Å²) in [5.74, 6) is -0.0807. The number of ether oxygens (including phenoxy) is 1. The number of hydrogen-bond acceptors (Lipinski definition) is 5. The summed E-state index contributed by atoms with van der Waals surface area (Å²) >= 11 is 0. The molecular formula is C14H22N4O2. The summed E-state index contributed by atoms with van der Waals surface area (Å²) in [7, 11) is 0. The molecular weight excluding hydrogens is 256 g/mol. The molecule has 1 atom stereocenters. The standard InChI is InChI=1S/C14H22N4O2/c1-11(10-18-4-6-20-7-5-18)17-14(19)12-2-3-16-13(8-12)9-15/h2-3,8,11H,4-7,9-10,15H2,1H3,(H,17,19). The Hall–Kier alpha value is -1.50. The zero-order valence-corrected chi connectivity index (χ0v) is 11.8. The van der Waals surface area contributed by atoms with Crippen LogP contribution < -0.4 is 11.1 Å². The van der Waals surface area contributed by atoms with Crippen molar-refractivity contribution in [2.45, 2.75) is 19.5 Å². The molecule has 6 heteroatoms. The molecule has 0 saturated carbocycles. The molecule has 0 aromatic carbocycles. The normalized spacial score (nSPS) is 17.7. The molecule has 1 aliphatic rings. The lowest BCUT2D eigenvalue weighted by molar-refractivity contribution is 0.0342. The number of carbonyl (C=O) groups is 1. The van der Waals surface area contributed by atoms with E-state index in [9.17, 15) is 4.79 Å². The summed E-state index contributed by atoms with van der Waals surface area (Å²) in [6, 6.07) is 3.53. The van der Waals surface area contributed by atoms with Gasteiger partial charge in [-0.05, 0) is 19.1 Å². The molecule has 2 rings (SSSR count). The van der Waals surface area contributed by atoms with Gasteiger partial charge in [-0.1, -0.05) is 0 Å². The Kier molecular flexibility index (Phi) is 5.46. The summed E-state index contributed by atoms with van der Waals surface area (Å²) in [6.07, 6.45) is 1.61. The van der Waals surface area contributed by atoms with Crippen LogP contribution in [0.5, 0.6) is 0 Å². The van der Waals surface area contributed by atoms with Gasteiger partial charge in [-0.25, -0.2) is 0 Å². The van der Waals surface area contributed by atoms with Crippen LogP contribution in [0.4, 0.5) is 0 Å². The topological polar surface area (TPSA) is 80.5 Å². The maximum absolute atomic E-state index is 12.1. The number of aromatic nitrogens is 1. The van der Waals surface area contributed by atoms with Crippen LogP contribution >= 0.6 is 0 Å². The molecule has 1 aliphatic heterocycles. The van der Waals surface area contributed by atoms with Crippen LogP contribution in [-0.4, -0.2) is 54.7 Å². The van der Waals surface area contributed by atoms with E-state index in [1.54, 1.807) is 18.3 Å². The maximum Gasteiger partial charge on any atom is 0.251 e. The molecule has 1 fully saturated rings. The number of carbonyl (C=O) groups excluding carboxylic acids is 1. The van der Waals surface area contributed by atoms with E-state index in [2.05, 4.69) is 15.2 Å². The Morgan fingerprint density at radius 3 is 3.00 bits per heavy atom. The van der Waals surface area contributed by atoms with E-state index in [1.807, 2.05) is 6.92 Å². The number of hydrogen-bond donors (Lipinski definition) is 2. The summed E-state index contributed by atoms with van der Waals surface area (Å²) in [4.78, 5) is 18.5. The highest BCUT2D eigenvalue weighted by molar-refractivity contribution is 5.94. The molecule has 1 aromatic heterocycles. The van der Waals surface area contributed by atoms with Crippen LogP contribution in [0.1, 0.15) is 23.0 Å². The van der Waals surface area contributed by atoms with Crippen molar-refractivity contribution >= 4 is 5.91 Å². The lowest BCUT2D eigenvalue weighted by Crippen LogP contribution is -2.46. The van der Waals surface area contributed by atoms with Gasteiger partial charge in [0.2, 0.25) is 0 Å². The van der Waals surface area contributed by atoms with E-state index in [1.165, 1.54) is 0 Å². The Morgan fingerprint density at radius 2 is 2.30 bits per heavy atom. The highest BCUT2D eigenvalue weighted by Gasteiger charge is 2.16. The molecule has 3 N–H and O–H groups in total. The average molecular weight is 278 g/mol. The number of nitrogens with one attached hydrogen (secondary N) is 1. The van der Waals surface area contributed by atoms with E-state index >= 15 is 0 Å². The Bertz CT molecular complexity index is 447. The van der Waals surface area contributed by atoms with E-state index < -0.39 is 0 Å². The smallest absolute Gasteiger partial charge is 0.251 e. The fourth-order valence-electron chi connectivity index (χ4n) is 2.25. The van der Waals surface area contributed by atoms with Crippen LogP contribution in [0, 0.1) is 0 Å². The van der Waals surface area contributed by atoms with E-state index in [-0.39, 0.29) is 11.9 Å². The lowest BCUT2D eigenvalue weighted by Gasteiger charge is -2.29. The zero-order valence-electron chi connectivity index (χ0n) is 11.8. The van der Waals surface area contributed by atoms with Crippen molar-refractivity contribution in [3.05, 3.63) is 29.6 Å². The van der Waals surface area contributed by atoms with Crippen molar-refractivity contribution in [1.29, 1.82) is 0 Å². The monoisotopic (exact) mass is 278 g/mol. The van der Waals surface area contributed by atoms with Crippen LogP contribution in [0.25, 0.3) is 0 Å². The number of morpholine rings is 1. The fourth-order valence-corrected chi connectivity index (χ4v) is 2.25. The highest BCUT2D eigenvalue weighted by atomic mass is 16.5. The van der Waals surface area contributed by atoms with Gasteiger partial charge in [0.25, 0.3) is 5.91 Å². The molecule has 0 aliphatic carbocycles. The van der Waals surface area contributed by atoms with Crippen molar-refractivity contribution in [2.24, 2.45) is 5.73 Å². The quantitative estimate of drug-likeness (QED) is 0.792. The molecule has 1 amide bonds. The molecule has 2 heterocycles. The predicted octanol–water partition coefficient (Wildman–Crippen LogP) is -0.00920. The Labute approximate surface area is 119 Å². The fraction of sp³-hybridized carbons (Fsp3) is 0.571. The summed E-state index contributed by atoms with van der Waals surface area (Å²) < 4.78 is 5.31. The van der Waals surface area contributed by atoms with Gasteiger partial charge < -0.3 is 15.8 Å². The van der Waals surface area contributed by atoms with Crippen molar-refractivity contribution in [3.8, 4) is 0 Å². The molecule has 1 saturated heterocycles. The van der Waals surface area contributed by atoms with Crippen molar-refractivity contribution in [3.63, 3.8) is 0 Å². The first kappa shape index (κ1) is 14.9. The third-order valence-electron chi connectivity index (χ3n) is 3.30. The number of amides is 1. The Morgan fingerprint density at radius 1 is 1.55 bits per heavy atom. The molecule has 0 radical (unpaired) electrons. The third kappa shape index (κ3) is 4.26. The van der Waals surface area contributed by atoms with E-state index in [0.29, 0.717) is 12.1 Å². The average Bonchev–Trinajstić information content (AvgIpc) is 2.48. The van der Waals surface area contributed by atoms with Crippen LogP contribution in [-0.2, 0) is 11.3 Å². The molecule has 1 aromatic rings. The lowest BCUT2D eigenvalue weighted by atomic mass is 10.2. The number of rotatable bonds is 5. The van der Waals surface area contributed by atoms with Gasteiger partial charge in [-0.3, -0.25) is 14.7 Å². The maximum atomic E-state index is 12.1. The van der Waals surface area contributed by atoms with E-state index in [4.69, 9.17) is 10.5 Å². The molecule has 20 heavy (non-hydrogen) atoms. The minimum Gasteiger partial charge on any atom is -0.379 e. The first-order valence-corrected chi connectivity index (χ1v) is 6.95. The molecule has 0 bridgehead atoms. The van der Waals surface area contributed by atoms with Gasteiger partial charge >= 0.3 is 0 Å². The second kappa shape index (κ2) is 7.33. The summed E-state index contributed by atoms with van der Waals surface area (Å²) in [6.45, 7) is 6.57. The number of pyridine rings is 1. The van der Waals surface area contributed by atoms with Gasteiger partial charge in [0.15, 0.2) is 0 Å². The first-order chi connectivity index (χ1) is 9.69. The van der Waals surface area contributed by atoms with E-state index in [0.717, 1.165) is 38.5 Å². The first-order valence-electron chi connectivity index (χ1n) is 6.95. The van der Waals surface area contributed by atoms with Crippen LogP contribution in [0.2, 0.25) is 0 Å². The van der Waals surface area contributed by atoms with Crippen LogP contribution in [0.3, 0.4) is 0 Å². The largest absolute Gasteiger partial charge is 0.379 e. The van der Waals surface area contributed by atoms with Gasteiger partial charge in [0.1, 0.15) is 0 Å². The molecule has 110 valence electrons. The second-order valence-electron chi connectivity index (χ2n) is 5.03. The Balaban J connectivity index is 1.86. The molecule has 6 nitrogen and oxygen atoms in total. The van der Waals surface area contributed by atoms with Crippen LogP contribution in [0.15, 0.2) is 18.3 Å². The summed E-state index contributed by atoms with van der Waals surface area (Å²) in [5.41, 5.74) is 6.86. The highest BCUT2D eigenvalue weighted by Crippen LogP contribution is 2.03. The van der Waals surface area contributed by atoms with Crippen molar-refractivity contribution < 1.29 is 9.53 Å². The SMILES string of the molecule is CC(CN1CCOCC1)NC(=O)c1ccnc(CN)c1. The second-order valence-corrected chi connectivity index (χ2v) is 5.03. The predicted molar refractivity (Wildman–Crippen MR) is 76.3 cm³/mol. The zero-order chi connectivity index (χ0) is 14.4. The minimum atomic E-state index is -0.0807. The minimum absolute atomic E-state index is 0.0807. The third-order valence-corrected chi connectivity index (χ3v) is 3.30. The van der Waals surface area contributed by atoms with Gasteiger partial charge in [0.05, 0.1) is 18.9 Å². The van der Waals surface area contributed by atoms with Crippen molar-refractivity contribution in [1.82, 2.24) is 15.2 Å². The van der Waals surface area contributed by atoms with Crippen molar-refractivity contribution in [2.75, 3.05) is 32.8 Å². The van der Waals surface area contributed by atoms with Gasteiger partial charge in [0, 0.05) is 44.0 Å². The number of nitrogens with zero attached hydrogens (tertiary/aromatic N) is 2. The number of nitrogens with two attached hydrogens (primary N) is 1. The molecule has 1 unspecified atom stereocenters. The summed E-state index contributed by atoms with van der Waals surface area (Å²) in [5, 5.41) is 3.00. The molecule has 0 spiro atoms. The van der Waals surface area contributed by atoms with Gasteiger partial charge in [-0.15, -0.1) is 0 Å². The van der Waals surface area contributed by atoms with Gasteiger partial charge in [-0.2, -0.15) is 0 Å².